The molecule has 1 amide bonds. The van der Waals surface area contributed by atoms with E-state index in [1.54, 1.807) is 37.4 Å². The summed E-state index contributed by atoms with van der Waals surface area (Å²) >= 11 is 0. The lowest BCUT2D eigenvalue weighted by molar-refractivity contribution is 0.0963. The first-order valence-electron chi connectivity index (χ1n) is 5.05. The molecule has 0 aromatic heterocycles. The maximum absolute atomic E-state index is 11.4. The van der Waals surface area contributed by atoms with Gasteiger partial charge in [-0.2, -0.15) is 0 Å². The van der Waals surface area contributed by atoms with Gasteiger partial charge in [-0.05, 0) is 29.8 Å². The Bertz CT molecular complexity index is 473. The van der Waals surface area contributed by atoms with E-state index in [-0.39, 0.29) is 11.7 Å². The molecule has 0 aliphatic rings. The first kappa shape index (κ1) is 12.6. The van der Waals surface area contributed by atoms with Crippen molar-refractivity contribution in [2.75, 3.05) is 7.05 Å². The van der Waals surface area contributed by atoms with Crippen LogP contribution in [-0.2, 0) is 0 Å². The molecule has 5 nitrogen and oxygen atoms in total. The van der Waals surface area contributed by atoms with E-state index in [1.807, 2.05) is 0 Å². The third-order valence-corrected chi connectivity index (χ3v) is 2.14. The second-order valence-corrected chi connectivity index (χ2v) is 3.45. The molecule has 1 rings (SSSR count). The number of carbonyl (C=O) groups excluding carboxylic acids is 1. The Morgan fingerprint density at radius 2 is 1.82 bits per heavy atom. The molecule has 0 bridgehead atoms. The highest BCUT2D eigenvalue weighted by atomic mass is 16.1. The number of allylic oxidation sites excluding steroid dienone is 2. The summed E-state index contributed by atoms with van der Waals surface area (Å²) in [4.78, 5) is 11.4. The number of hydrogen-bond acceptors (Lipinski definition) is 4. The van der Waals surface area contributed by atoms with Gasteiger partial charge in [0.05, 0.1) is 5.82 Å². The molecule has 0 saturated heterocycles. The van der Waals surface area contributed by atoms with Gasteiger partial charge in [0.1, 0.15) is 0 Å². The monoisotopic (exact) mass is 232 g/mol. The summed E-state index contributed by atoms with van der Waals surface area (Å²) < 4.78 is 0. The van der Waals surface area contributed by atoms with Crippen molar-refractivity contribution >= 4 is 11.6 Å². The SMILES string of the molecule is CNC(=O)c1cccc(/C(N)=C/C=C(N)N)c1. The van der Waals surface area contributed by atoms with Crippen LogP contribution in [0.3, 0.4) is 0 Å². The molecule has 90 valence electrons. The van der Waals surface area contributed by atoms with E-state index in [2.05, 4.69) is 5.32 Å². The van der Waals surface area contributed by atoms with E-state index >= 15 is 0 Å². The van der Waals surface area contributed by atoms with Gasteiger partial charge in [-0.15, -0.1) is 0 Å². The molecule has 0 spiro atoms. The van der Waals surface area contributed by atoms with Crippen LogP contribution in [0.25, 0.3) is 5.70 Å². The second kappa shape index (κ2) is 5.60. The van der Waals surface area contributed by atoms with Gasteiger partial charge >= 0.3 is 0 Å². The molecule has 0 saturated carbocycles. The number of nitrogens with one attached hydrogen (secondary N) is 1. The fourth-order valence-electron chi connectivity index (χ4n) is 1.27. The highest BCUT2D eigenvalue weighted by molar-refractivity contribution is 5.94. The van der Waals surface area contributed by atoms with Crippen LogP contribution in [-0.4, -0.2) is 13.0 Å². The number of carbonyl (C=O) groups is 1. The van der Waals surface area contributed by atoms with Crippen LogP contribution in [0.2, 0.25) is 0 Å². The Balaban J connectivity index is 3.03. The minimum absolute atomic E-state index is 0.159. The normalized spacial score (nSPS) is 10.8. The topological polar surface area (TPSA) is 107 Å². The third kappa shape index (κ3) is 3.57. The van der Waals surface area contributed by atoms with Crippen LogP contribution in [0, 0.1) is 0 Å². The molecule has 1 aromatic carbocycles. The van der Waals surface area contributed by atoms with Crippen LogP contribution in [0.15, 0.2) is 42.2 Å². The highest BCUT2D eigenvalue weighted by Crippen LogP contribution is 2.11. The number of amides is 1. The number of nitrogens with two attached hydrogens (primary N) is 3. The van der Waals surface area contributed by atoms with Gasteiger partial charge in [0.2, 0.25) is 0 Å². The summed E-state index contributed by atoms with van der Waals surface area (Å²) in [5, 5.41) is 2.55. The van der Waals surface area contributed by atoms with Crippen molar-refractivity contribution in [1.29, 1.82) is 0 Å². The maximum Gasteiger partial charge on any atom is 0.251 e. The van der Waals surface area contributed by atoms with Crippen LogP contribution in [0.4, 0.5) is 0 Å². The molecule has 0 aliphatic carbocycles. The Morgan fingerprint density at radius 1 is 1.18 bits per heavy atom. The lowest BCUT2D eigenvalue weighted by Crippen LogP contribution is -2.17. The summed E-state index contributed by atoms with van der Waals surface area (Å²) in [6.07, 6.45) is 3.10. The summed E-state index contributed by atoms with van der Waals surface area (Å²) in [5.74, 6) is 0.0175. The minimum atomic E-state index is -0.159. The second-order valence-electron chi connectivity index (χ2n) is 3.45. The molecule has 5 heteroatoms. The fourth-order valence-corrected chi connectivity index (χ4v) is 1.27. The van der Waals surface area contributed by atoms with Crippen molar-refractivity contribution in [1.82, 2.24) is 5.32 Å². The van der Waals surface area contributed by atoms with Crippen molar-refractivity contribution in [3.8, 4) is 0 Å². The predicted molar refractivity (Wildman–Crippen MR) is 68.5 cm³/mol. The lowest BCUT2D eigenvalue weighted by Gasteiger charge is -2.04. The molecule has 7 N–H and O–H groups in total. The summed E-state index contributed by atoms with van der Waals surface area (Å²) in [5.41, 5.74) is 18.2. The van der Waals surface area contributed by atoms with Crippen LogP contribution < -0.4 is 22.5 Å². The average Bonchev–Trinajstić information content (AvgIpc) is 2.35. The van der Waals surface area contributed by atoms with Gasteiger partial charge in [-0.3, -0.25) is 4.79 Å². The molecular formula is C12H16N4O. The fraction of sp³-hybridized carbons (Fsp3) is 0.0833. The number of benzene rings is 1. The smallest absolute Gasteiger partial charge is 0.251 e. The summed E-state index contributed by atoms with van der Waals surface area (Å²) in [7, 11) is 1.58. The highest BCUT2D eigenvalue weighted by Gasteiger charge is 2.04. The molecule has 17 heavy (non-hydrogen) atoms. The van der Waals surface area contributed by atoms with Crippen molar-refractivity contribution in [2.24, 2.45) is 17.2 Å². The molecule has 0 fully saturated rings. The van der Waals surface area contributed by atoms with Gasteiger partial charge in [-0.1, -0.05) is 12.1 Å². The van der Waals surface area contributed by atoms with Crippen molar-refractivity contribution < 1.29 is 4.79 Å². The number of hydrogen-bond donors (Lipinski definition) is 4. The van der Waals surface area contributed by atoms with Crippen molar-refractivity contribution in [2.45, 2.75) is 0 Å². The Morgan fingerprint density at radius 3 is 2.41 bits per heavy atom. The Labute approximate surface area is 100.0 Å². The summed E-state index contributed by atoms with van der Waals surface area (Å²) in [6.45, 7) is 0. The van der Waals surface area contributed by atoms with Gasteiger partial charge in [-0.25, -0.2) is 0 Å². The molecule has 0 heterocycles. The quantitative estimate of drug-likeness (QED) is 0.554. The molecule has 0 aliphatic heterocycles. The van der Waals surface area contributed by atoms with Crippen molar-refractivity contribution in [3.05, 3.63) is 53.4 Å². The molecule has 1 aromatic rings. The van der Waals surface area contributed by atoms with E-state index in [9.17, 15) is 4.79 Å². The van der Waals surface area contributed by atoms with Gasteiger partial charge in [0.15, 0.2) is 0 Å². The van der Waals surface area contributed by atoms with E-state index < -0.39 is 0 Å². The zero-order chi connectivity index (χ0) is 12.8. The van der Waals surface area contributed by atoms with Gasteiger partial charge < -0.3 is 22.5 Å². The third-order valence-electron chi connectivity index (χ3n) is 2.14. The van der Waals surface area contributed by atoms with Gasteiger partial charge in [0.25, 0.3) is 5.91 Å². The predicted octanol–water partition coefficient (Wildman–Crippen LogP) is 0.105. The molecule has 0 unspecified atom stereocenters. The van der Waals surface area contributed by atoms with E-state index in [4.69, 9.17) is 17.2 Å². The zero-order valence-corrected chi connectivity index (χ0v) is 9.60. The first-order chi connectivity index (χ1) is 8.04. The first-order valence-corrected chi connectivity index (χ1v) is 5.05. The maximum atomic E-state index is 11.4. The van der Waals surface area contributed by atoms with Crippen LogP contribution >= 0.6 is 0 Å². The van der Waals surface area contributed by atoms with Crippen LogP contribution in [0.5, 0.6) is 0 Å². The Kier molecular flexibility index (Phi) is 4.16. The zero-order valence-electron chi connectivity index (χ0n) is 9.60. The van der Waals surface area contributed by atoms with E-state index in [0.29, 0.717) is 11.3 Å². The number of rotatable bonds is 3. The Hall–Kier alpha value is -2.43. The minimum Gasteiger partial charge on any atom is -0.398 e. The average molecular weight is 232 g/mol. The molecule has 0 atom stereocenters. The molecule has 0 radical (unpaired) electrons. The van der Waals surface area contributed by atoms with Gasteiger partial charge in [0, 0.05) is 18.3 Å². The van der Waals surface area contributed by atoms with E-state index in [1.165, 1.54) is 6.08 Å². The summed E-state index contributed by atoms with van der Waals surface area (Å²) in [6, 6.07) is 6.98. The lowest BCUT2D eigenvalue weighted by atomic mass is 10.1. The van der Waals surface area contributed by atoms with Crippen molar-refractivity contribution in [3.63, 3.8) is 0 Å². The standard InChI is InChI=1S/C12H16N4O/c1-16-12(17)9-4-2-3-8(7-9)10(13)5-6-11(14)15/h2-7H,13-15H2,1H3,(H,16,17)/b10-5-. The molecular weight excluding hydrogens is 216 g/mol. The largest absolute Gasteiger partial charge is 0.398 e. The van der Waals surface area contributed by atoms with E-state index in [0.717, 1.165) is 5.56 Å². The van der Waals surface area contributed by atoms with Crippen LogP contribution in [0.1, 0.15) is 15.9 Å².